The van der Waals surface area contributed by atoms with Gasteiger partial charge >= 0.3 is 0 Å². The van der Waals surface area contributed by atoms with E-state index >= 15 is 0 Å². The van der Waals surface area contributed by atoms with Crippen LogP contribution in [0.3, 0.4) is 0 Å². The number of hydrogen-bond acceptors (Lipinski definition) is 2. The lowest BCUT2D eigenvalue weighted by atomic mass is 9.96. The Morgan fingerprint density at radius 2 is 1.93 bits per heavy atom. The van der Waals surface area contributed by atoms with Crippen LogP contribution < -0.4 is 5.73 Å². The van der Waals surface area contributed by atoms with Crippen LogP contribution in [0.2, 0.25) is 0 Å². The van der Waals surface area contributed by atoms with Gasteiger partial charge in [0.05, 0.1) is 0 Å². The summed E-state index contributed by atoms with van der Waals surface area (Å²) in [7, 11) is 0. The maximum absolute atomic E-state index is 6.29. The molecule has 1 fully saturated rings. The number of nitrogens with zero attached hydrogens (tertiary/aromatic N) is 1. The Bertz CT molecular complexity index is 170. The van der Waals surface area contributed by atoms with Gasteiger partial charge in [-0.1, -0.05) is 27.2 Å². The van der Waals surface area contributed by atoms with Gasteiger partial charge in [-0.15, -0.1) is 0 Å². The number of nitrogens with two attached hydrogens (primary N) is 1. The molecule has 4 atom stereocenters. The van der Waals surface area contributed by atoms with Crippen molar-refractivity contribution in [3.8, 4) is 0 Å². The Morgan fingerprint density at radius 3 is 2.36 bits per heavy atom. The third kappa shape index (κ3) is 2.12. The van der Waals surface area contributed by atoms with E-state index in [1.165, 1.54) is 25.8 Å². The lowest BCUT2D eigenvalue weighted by Crippen LogP contribution is -2.43. The molecule has 14 heavy (non-hydrogen) atoms. The second-order valence-corrected chi connectivity index (χ2v) is 4.68. The fourth-order valence-corrected chi connectivity index (χ4v) is 2.71. The van der Waals surface area contributed by atoms with Gasteiger partial charge in [-0.25, -0.2) is 0 Å². The maximum atomic E-state index is 6.29. The second-order valence-electron chi connectivity index (χ2n) is 4.68. The van der Waals surface area contributed by atoms with Crippen molar-refractivity contribution in [2.45, 2.75) is 65.1 Å². The number of rotatable bonds is 4. The van der Waals surface area contributed by atoms with E-state index in [1.807, 2.05) is 0 Å². The SMILES string of the molecule is CCC1CN(C(C)CC)C(CC)[C@H]1N. The molecule has 0 aromatic heterocycles. The summed E-state index contributed by atoms with van der Waals surface area (Å²) in [5.41, 5.74) is 6.29. The highest BCUT2D eigenvalue weighted by atomic mass is 15.2. The highest BCUT2D eigenvalue weighted by molar-refractivity contribution is 4.96. The Morgan fingerprint density at radius 1 is 1.29 bits per heavy atom. The first-order valence-electron chi connectivity index (χ1n) is 6.16. The van der Waals surface area contributed by atoms with Crippen LogP contribution in [-0.2, 0) is 0 Å². The molecule has 0 aliphatic carbocycles. The van der Waals surface area contributed by atoms with Gasteiger partial charge in [0.25, 0.3) is 0 Å². The molecule has 0 aromatic rings. The van der Waals surface area contributed by atoms with E-state index in [0.29, 0.717) is 24.0 Å². The van der Waals surface area contributed by atoms with Gasteiger partial charge in [0.15, 0.2) is 0 Å². The van der Waals surface area contributed by atoms with Crippen molar-refractivity contribution >= 4 is 0 Å². The Kier molecular flexibility index (Phi) is 4.39. The Hall–Kier alpha value is -0.0800. The molecule has 0 amide bonds. The van der Waals surface area contributed by atoms with Crippen LogP contribution in [0.1, 0.15) is 47.0 Å². The summed E-state index contributed by atoms with van der Waals surface area (Å²) in [6, 6.07) is 1.72. The topological polar surface area (TPSA) is 29.3 Å². The van der Waals surface area contributed by atoms with Gasteiger partial charge in [0.2, 0.25) is 0 Å². The summed E-state index contributed by atoms with van der Waals surface area (Å²) in [5.74, 6) is 0.717. The molecule has 0 spiro atoms. The lowest BCUT2D eigenvalue weighted by Gasteiger charge is -2.30. The van der Waals surface area contributed by atoms with Gasteiger partial charge in [0.1, 0.15) is 0 Å². The first-order chi connectivity index (χ1) is 6.65. The van der Waals surface area contributed by atoms with E-state index in [0.717, 1.165) is 0 Å². The average Bonchev–Trinajstić information content (AvgIpc) is 2.53. The number of likely N-dealkylation sites (tertiary alicyclic amines) is 1. The van der Waals surface area contributed by atoms with Gasteiger partial charge in [-0.05, 0) is 25.7 Å². The third-order valence-corrected chi connectivity index (χ3v) is 3.96. The van der Waals surface area contributed by atoms with Gasteiger partial charge < -0.3 is 5.73 Å². The maximum Gasteiger partial charge on any atom is 0.0250 e. The van der Waals surface area contributed by atoms with Crippen molar-refractivity contribution < 1.29 is 0 Å². The summed E-state index contributed by atoms with van der Waals surface area (Å²) in [4.78, 5) is 2.62. The van der Waals surface area contributed by atoms with Crippen LogP contribution in [0.4, 0.5) is 0 Å². The molecule has 2 heteroatoms. The van der Waals surface area contributed by atoms with Crippen molar-refractivity contribution in [3.05, 3.63) is 0 Å². The monoisotopic (exact) mass is 198 g/mol. The molecule has 1 aliphatic heterocycles. The van der Waals surface area contributed by atoms with Crippen molar-refractivity contribution in [1.29, 1.82) is 0 Å². The summed E-state index contributed by atoms with van der Waals surface area (Å²) in [6.07, 6.45) is 3.66. The molecule has 1 heterocycles. The highest BCUT2D eigenvalue weighted by Gasteiger charge is 2.38. The van der Waals surface area contributed by atoms with Crippen molar-refractivity contribution in [2.24, 2.45) is 11.7 Å². The Balaban J connectivity index is 2.67. The summed E-state index contributed by atoms with van der Waals surface area (Å²) < 4.78 is 0. The second kappa shape index (κ2) is 5.13. The Labute approximate surface area is 88.8 Å². The first kappa shape index (κ1) is 12.0. The van der Waals surface area contributed by atoms with Crippen LogP contribution in [0, 0.1) is 5.92 Å². The molecule has 0 radical (unpaired) electrons. The average molecular weight is 198 g/mol. The molecule has 0 bridgehead atoms. The molecule has 3 unspecified atom stereocenters. The molecule has 2 N–H and O–H groups in total. The van der Waals surface area contributed by atoms with Crippen molar-refractivity contribution in [2.75, 3.05) is 6.54 Å². The molecular formula is C12H26N2. The normalized spacial score (nSPS) is 36.2. The van der Waals surface area contributed by atoms with Gasteiger partial charge in [-0.2, -0.15) is 0 Å². The molecular weight excluding hydrogens is 172 g/mol. The summed E-state index contributed by atoms with van der Waals surface area (Å²) in [5, 5.41) is 0. The van der Waals surface area contributed by atoms with Crippen LogP contribution >= 0.6 is 0 Å². The summed E-state index contributed by atoms with van der Waals surface area (Å²) in [6.45, 7) is 10.3. The van der Waals surface area contributed by atoms with E-state index in [1.54, 1.807) is 0 Å². The van der Waals surface area contributed by atoms with E-state index in [-0.39, 0.29) is 0 Å². The molecule has 1 rings (SSSR count). The van der Waals surface area contributed by atoms with E-state index in [9.17, 15) is 0 Å². The molecule has 0 saturated carbocycles. The predicted molar refractivity (Wildman–Crippen MR) is 62.3 cm³/mol. The number of hydrogen-bond donors (Lipinski definition) is 1. The largest absolute Gasteiger partial charge is 0.326 e. The minimum Gasteiger partial charge on any atom is -0.326 e. The van der Waals surface area contributed by atoms with E-state index in [2.05, 4.69) is 32.6 Å². The lowest BCUT2D eigenvalue weighted by molar-refractivity contribution is 0.175. The third-order valence-electron chi connectivity index (χ3n) is 3.96. The molecule has 0 aromatic carbocycles. The minimum absolute atomic E-state index is 0.402. The fourth-order valence-electron chi connectivity index (χ4n) is 2.71. The standard InChI is InChI=1S/C12H26N2/c1-5-9(4)14-8-10(6-2)12(13)11(14)7-3/h9-12H,5-8,13H2,1-4H3/t9?,10?,11?,12-/m0/s1. The van der Waals surface area contributed by atoms with Crippen molar-refractivity contribution in [3.63, 3.8) is 0 Å². The predicted octanol–water partition coefficient (Wildman–Crippen LogP) is 2.23. The summed E-state index contributed by atoms with van der Waals surface area (Å²) >= 11 is 0. The fraction of sp³-hybridized carbons (Fsp3) is 1.00. The zero-order valence-electron chi connectivity index (χ0n) is 10.2. The molecule has 1 aliphatic rings. The zero-order chi connectivity index (χ0) is 10.7. The van der Waals surface area contributed by atoms with Crippen molar-refractivity contribution in [1.82, 2.24) is 4.90 Å². The van der Waals surface area contributed by atoms with Crippen LogP contribution in [0.15, 0.2) is 0 Å². The smallest absolute Gasteiger partial charge is 0.0250 e. The van der Waals surface area contributed by atoms with Gasteiger partial charge in [0, 0.05) is 24.7 Å². The van der Waals surface area contributed by atoms with Gasteiger partial charge in [-0.3, -0.25) is 4.90 Å². The minimum atomic E-state index is 0.402. The van der Waals surface area contributed by atoms with E-state index < -0.39 is 0 Å². The zero-order valence-corrected chi connectivity index (χ0v) is 10.2. The molecule has 1 saturated heterocycles. The van der Waals surface area contributed by atoms with Crippen LogP contribution in [0.25, 0.3) is 0 Å². The quantitative estimate of drug-likeness (QED) is 0.750. The van der Waals surface area contributed by atoms with E-state index in [4.69, 9.17) is 5.73 Å². The molecule has 2 nitrogen and oxygen atoms in total. The highest BCUT2D eigenvalue weighted by Crippen LogP contribution is 2.29. The molecule has 84 valence electrons. The van der Waals surface area contributed by atoms with Crippen LogP contribution in [0.5, 0.6) is 0 Å². The van der Waals surface area contributed by atoms with Crippen LogP contribution in [-0.4, -0.2) is 29.6 Å². The first-order valence-corrected chi connectivity index (χ1v) is 6.16.